The highest BCUT2D eigenvalue weighted by Crippen LogP contribution is 2.34. The number of carbonyl (C=O) groups is 1. The number of likely N-dealkylation sites (tertiary alicyclic amines) is 1. The van der Waals surface area contributed by atoms with E-state index < -0.39 is 0 Å². The summed E-state index contributed by atoms with van der Waals surface area (Å²) in [6.45, 7) is 10.4. The quantitative estimate of drug-likeness (QED) is 0.860. The number of piperidine rings is 1. The van der Waals surface area contributed by atoms with Gasteiger partial charge in [0.25, 0.3) is 5.56 Å². The molecule has 7 heteroatoms. The van der Waals surface area contributed by atoms with Gasteiger partial charge in [-0.05, 0) is 32.3 Å². The summed E-state index contributed by atoms with van der Waals surface area (Å²) >= 11 is 0. The Morgan fingerprint density at radius 2 is 2.15 bits per heavy atom. The molecule has 0 aliphatic carbocycles. The Hall–Kier alpha value is -1.86. The van der Waals surface area contributed by atoms with Gasteiger partial charge in [-0.15, -0.1) is 0 Å². The monoisotopic (exact) mass is 374 g/mol. The van der Waals surface area contributed by atoms with Crippen LogP contribution in [0.15, 0.2) is 23.0 Å². The normalized spacial score (nSPS) is 27.1. The lowest BCUT2D eigenvalue weighted by Gasteiger charge is -2.43. The number of nitrogens with zero attached hydrogens (tertiary/aromatic N) is 3. The predicted octanol–water partition coefficient (Wildman–Crippen LogP) is 1.09. The number of urea groups is 1. The van der Waals surface area contributed by atoms with Gasteiger partial charge in [0.05, 0.1) is 13.2 Å². The number of ether oxygens (including phenoxy) is 1. The molecule has 0 aromatic carbocycles. The summed E-state index contributed by atoms with van der Waals surface area (Å²) < 4.78 is 7.45. The lowest BCUT2D eigenvalue weighted by Crippen LogP contribution is -2.56. The molecule has 3 aliphatic heterocycles. The maximum atomic E-state index is 12.7. The van der Waals surface area contributed by atoms with Crippen molar-refractivity contribution in [3.63, 3.8) is 0 Å². The summed E-state index contributed by atoms with van der Waals surface area (Å²) in [5.41, 5.74) is 1.17. The van der Waals surface area contributed by atoms with E-state index in [9.17, 15) is 9.59 Å². The summed E-state index contributed by atoms with van der Waals surface area (Å²) in [4.78, 5) is 29.1. The molecule has 4 rings (SSSR count). The highest BCUT2D eigenvalue weighted by molar-refractivity contribution is 5.74. The van der Waals surface area contributed by atoms with Gasteiger partial charge < -0.3 is 19.5 Å². The van der Waals surface area contributed by atoms with Crippen LogP contribution in [0.25, 0.3) is 0 Å². The smallest absolute Gasteiger partial charge is 0.317 e. The van der Waals surface area contributed by atoms with Crippen molar-refractivity contribution in [2.75, 3.05) is 45.9 Å². The van der Waals surface area contributed by atoms with Gasteiger partial charge in [-0.1, -0.05) is 6.07 Å². The van der Waals surface area contributed by atoms with E-state index in [0.717, 1.165) is 51.5 Å². The van der Waals surface area contributed by atoms with Crippen molar-refractivity contribution in [2.24, 2.45) is 5.92 Å². The van der Waals surface area contributed by atoms with Gasteiger partial charge in [-0.25, -0.2) is 4.79 Å². The van der Waals surface area contributed by atoms with Crippen molar-refractivity contribution in [1.82, 2.24) is 19.7 Å². The second-order valence-corrected chi connectivity index (χ2v) is 8.69. The third-order valence-electron chi connectivity index (χ3n) is 6.24. The molecule has 2 atom stereocenters. The minimum atomic E-state index is 0.0160. The summed E-state index contributed by atoms with van der Waals surface area (Å²) in [6.07, 6.45) is 1.06. The average molecular weight is 374 g/mol. The molecule has 0 unspecified atom stereocenters. The van der Waals surface area contributed by atoms with Gasteiger partial charge >= 0.3 is 6.03 Å². The van der Waals surface area contributed by atoms with Crippen LogP contribution in [0.5, 0.6) is 0 Å². The molecule has 0 radical (unpaired) electrons. The number of nitrogens with one attached hydrogen (secondary N) is 1. The van der Waals surface area contributed by atoms with Gasteiger partial charge in [-0.3, -0.25) is 9.69 Å². The number of rotatable bonds is 3. The maximum absolute atomic E-state index is 12.7. The fourth-order valence-electron chi connectivity index (χ4n) is 4.78. The molecule has 0 spiro atoms. The molecule has 2 fully saturated rings. The largest absolute Gasteiger partial charge is 0.378 e. The highest BCUT2D eigenvalue weighted by atomic mass is 16.5. The number of aromatic nitrogens is 1. The van der Waals surface area contributed by atoms with Crippen LogP contribution >= 0.6 is 0 Å². The molecule has 1 aromatic rings. The standard InChI is InChI=1S/C20H30N4O3/c1-20(2)14-27-9-8-23(20)7-6-21-19(26)22-11-15-10-16(13-22)17-4-3-5-18(25)24(17)12-15/h3-5,15-16H,6-14H2,1-2H3,(H,21,26)/t15-,16+/m0/s1. The Labute approximate surface area is 160 Å². The van der Waals surface area contributed by atoms with E-state index in [-0.39, 0.29) is 23.0 Å². The molecule has 4 heterocycles. The van der Waals surface area contributed by atoms with Crippen molar-refractivity contribution >= 4 is 6.03 Å². The van der Waals surface area contributed by atoms with Crippen LogP contribution in [-0.4, -0.2) is 71.9 Å². The first-order valence-electron chi connectivity index (χ1n) is 9.99. The maximum Gasteiger partial charge on any atom is 0.317 e. The van der Waals surface area contributed by atoms with Crippen LogP contribution in [0.4, 0.5) is 4.79 Å². The fourth-order valence-corrected chi connectivity index (χ4v) is 4.78. The molecular weight excluding hydrogens is 344 g/mol. The van der Waals surface area contributed by atoms with E-state index in [0.29, 0.717) is 19.0 Å². The third-order valence-corrected chi connectivity index (χ3v) is 6.24. The number of amides is 2. The molecule has 27 heavy (non-hydrogen) atoms. The Morgan fingerprint density at radius 1 is 1.30 bits per heavy atom. The molecule has 3 aliphatic rings. The molecule has 2 saturated heterocycles. The van der Waals surface area contributed by atoms with Crippen LogP contribution in [-0.2, 0) is 11.3 Å². The molecule has 7 nitrogen and oxygen atoms in total. The summed E-state index contributed by atoms with van der Waals surface area (Å²) in [6, 6.07) is 5.51. The van der Waals surface area contributed by atoms with Crippen molar-refractivity contribution in [3.05, 3.63) is 34.2 Å². The zero-order chi connectivity index (χ0) is 19.0. The van der Waals surface area contributed by atoms with Gasteiger partial charge in [0.15, 0.2) is 0 Å². The Bertz CT molecular complexity index is 760. The van der Waals surface area contributed by atoms with E-state index >= 15 is 0 Å². The van der Waals surface area contributed by atoms with Crippen molar-refractivity contribution in [3.8, 4) is 0 Å². The lowest BCUT2D eigenvalue weighted by molar-refractivity contribution is -0.0498. The zero-order valence-corrected chi connectivity index (χ0v) is 16.3. The summed E-state index contributed by atoms with van der Waals surface area (Å²) in [7, 11) is 0. The van der Waals surface area contributed by atoms with Crippen LogP contribution in [0, 0.1) is 5.92 Å². The third kappa shape index (κ3) is 3.75. The number of carbonyl (C=O) groups excluding carboxylic acids is 1. The van der Waals surface area contributed by atoms with Crippen LogP contribution in [0.2, 0.25) is 0 Å². The van der Waals surface area contributed by atoms with Crippen LogP contribution in [0.3, 0.4) is 0 Å². The van der Waals surface area contributed by atoms with Gasteiger partial charge in [0.1, 0.15) is 0 Å². The first-order valence-corrected chi connectivity index (χ1v) is 9.99. The van der Waals surface area contributed by atoms with Gasteiger partial charge in [0.2, 0.25) is 0 Å². The Kier molecular flexibility index (Phi) is 4.99. The molecular formula is C20H30N4O3. The van der Waals surface area contributed by atoms with E-state index in [1.54, 1.807) is 6.07 Å². The van der Waals surface area contributed by atoms with E-state index in [4.69, 9.17) is 4.74 Å². The van der Waals surface area contributed by atoms with E-state index in [1.807, 2.05) is 21.6 Å². The highest BCUT2D eigenvalue weighted by Gasteiger charge is 2.36. The second kappa shape index (κ2) is 7.28. The number of hydrogen-bond acceptors (Lipinski definition) is 4. The topological polar surface area (TPSA) is 66.8 Å². The minimum Gasteiger partial charge on any atom is -0.378 e. The number of fused-ring (bicyclic) bond motifs is 4. The number of morpholine rings is 1. The van der Waals surface area contributed by atoms with Crippen molar-refractivity contribution < 1.29 is 9.53 Å². The molecule has 0 saturated carbocycles. The molecule has 2 bridgehead atoms. The Balaban J connectivity index is 1.34. The first-order chi connectivity index (χ1) is 12.9. The van der Waals surface area contributed by atoms with E-state index in [2.05, 4.69) is 24.1 Å². The van der Waals surface area contributed by atoms with Gasteiger partial charge in [-0.2, -0.15) is 0 Å². The Morgan fingerprint density at radius 3 is 2.96 bits per heavy atom. The molecule has 1 aromatic heterocycles. The molecule has 1 N–H and O–H groups in total. The average Bonchev–Trinajstić information content (AvgIpc) is 2.63. The van der Waals surface area contributed by atoms with Crippen molar-refractivity contribution in [2.45, 2.75) is 38.3 Å². The SMILES string of the molecule is CC1(C)COCCN1CCNC(=O)N1C[C@@H]2C[C@H](C1)c1cccc(=O)n1C2. The summed E-state index contributed by atoms with van der Waals surface area (Å²) in [5, 5.41) is 3.10. The molecule has 2 amide bonds. The minimum absolute atomic E-state index is 0.0160. The first kappa shape index (κ1) is 18.5. The van der Waals surface area contributed by atoms with Gasteiger partial charge in [0, 0.05) is 62.5 Å². The number of hydrogen-bond donors (Lipinski definition) is 1. The van der Waals surface area contributed by atoms with Crippen molar-refractivity contribution in [1.29, 1.82) is 0 Å². The van der Waals surface area contributed by atoms with Crippen LogP contribution in [0.1, 0.15) is 31.9 Å². The second-order valence-electron chi connectivity index (χ2n) is 8.69. The number of pyridine rings is 1. The van der Waals surface area contributed by atoms with Crippen LogP contribution < -0.4 is 10.9 Å². The zero-order valence-electron chi connectivity index (χ0n) is 16.3. The molecule has 148 valence electrons. The summed E-state index contributed by atoms with van der Waals surface area (Å²) in [5.74, 6) is 0.621. The predicted molar refractivity (Wildman–Crippen MR) is 103 cm³/mol. The fraction of sp³-hybridized carbons (Fsp3) is 0.700. The van der Waals surface area contributed by atoms with E-state index in [1.165, 1.54) is 0 Å². The lowest BCUT2D eigenvalue weighted by atomic mass is 9.83.